The molecule has 0 saturated carbocycles. The Labute approximate surface area is 96.7 Å². The fourth-order valence-corrected chi connectivity index (χ4v) is 1.61. The minimum absolute atomic E-state index is 0.391. The molecule has 0 aliphatic rings. The molecule has 0 aromatic carbocycles. The number of nitrogens with zero attached hydrogens (tertiary/aromatic N) is 3. The number of rotatable bonds is 5. The number of aromatic nitrogens is 2. The summed E-state index contributed by atoms with van der Waals surface area (Å²) in [5.41, 5.74) is 0.508. The molecule has 88 valence electrons. The molecular weight excluding hydrogens is 202 g/mol. The molecule has 1 unspecified atom stereocenters. The van der Waals surface area contributed by atoms with Gasteiger partial charge in [0.1, 0.15) is 0 Å². The molecule has 0 saturated heterocycles. The van der Waals surface area contributed by atoms with Crippen LogP contribution in [-0.2, 0) is 0 Å². The first-order valence-electron chi connectivity index (χ1n) is 5.54. The number of aldehydes is 1. The Kier molecular flexibility index (Phi) is 4.40. The Morgan fingerprint density at radius 3 is 2.31 bits per heavy atom. The first kappa shape index (κ1) is 12.6. The van der Waals surface area contributed by atoms with E-state index in [1.165, 1.54) is 0 Å². The number of carbonyl (C=O) groups excluding carboxylic acids is 1. The Balaban J connectivity index is 2.71. The van der Waals surface area contributed by atoms with Crippen LogP contribution in [0.4, 0.5) is 5.95 Å². The van der Waals surface area contributed by atoms with Crippen LogP contribution in [0.25, 0.3) is 0 Å². The highest BCUT2D eigenvalue weighted by atomic mass is 16.1. The predicted octanol–water partition coefficient (Wildman–Crippen LogP) is 2.16. The van der Waals surface area contributed by atoms with Gasteiger partial charge in [-0.1, -0.05) is 13.8 Å². The molecule has 4 nitrogen and oxygen atoms in total. The molecule has 1 heterocycles. The fraction of sp³-hybridized carbons (Fsp3) is 0.583. The Morgan fingerprint density at radius 1 is 1.31 bits per heavy atom. The summed E-state index contributed by atoms with van der Waals surface area (Å²) in [6.45, 7) is 6.54. The van der Waals surface area contributed by atoms with Crippen LogP contribution >= 0.6 is 0 Å². The second-order valence-corrected chi connectivity index (χ2v) is 4.52. The number of hydrogen-bond acceptors (Lipinski definition) is 4. The molecular formula is C12H19N3O. The standard InChI is InChI=1S/C12H19N3O/c1-9(2)5-10(3)15(4)12-13-6-11(8-16)7-14-12/h6-10H,5H2,1-4H3. The van der Waals surface area contributed by atoms with E-state index in [0.717, 1.165) is 12.7 Å². The summed E-state index contributed by atoms with van der Waals surface area (Å²) in [5, 5.41) is 0. The maximum Gasteiger partial charge on any atom is 0.225 e. The van der Waals surface area contributed by atoms with E-state index in [1.807, 2.05) is 11.9 Å². The van der Waals surface area contributed by atoms with Gasteiger partial charge in [-0.15, -0.1) is 0 Å². The van der Waals surface area contributed by atoms with Gasteiger partial charge in [-0.05, 0) is 19.3 Å². The van der Waals surface area contributed by atoms with Gasteiger partial charge in [-0.2, -0.15) is 0 Å². The van der Waals surface area contributed by atoms with Crippen molar-refractivity contribution in [2.45, 2.75) is 33.2 Å². The summed E-state index contributed by atoms with van der Waals surface area (Å²) in [6, 6.07) is 0.391. The van der Waals surface area contributed by atoms with E-state index in [9.17, 15) is 4.79 Å². The van der Waals surface area contributed by atoms with Crippen LogP contribution in [0.15, 0.2) is 12.4 Å². The second kappa shape index (κ2) is 5.58. The first-order valence-corrected chi connectivity index (χ1v) is 5.54. The van der Waals surface area contributed by atoms with E-state index in [1.54, 1.807) is 12.4 Å². The summed E-state index contributed by atoms with van der Waals surface area (Å²) in [4.78, 5) is 20.8. The van der Waals surface area contributed by atoms with Crippen LogP contribution in [0.2, 0.25) is 0 Å². The maximum absolute atomic E-state index is 10.5. The topological polar surface area (TPSA) is 46.1 Å². The summed E-state index contributed by atoms with van der Waals surface area (Å²) in [5.74, 6) is 1.31. The van der Waals surface area contributed by atoms with Crippen molar-refractivity contribution >= 4 is 12.2 Å². The quantitative estimate of drug-likeness (QED) is 0.715. The normalized spacial score (nSPS) is 12.6. The largest absolute Gasteiger partial charge is 0.341 e. The zero-order valence-corrected chi connectivity index (χ0v) is 10.3. The lowest BCUT2D eigenvalue weighted by Crippen LogP contribution is -2.31. The fourth-order valence-electron chi connectivity index (χ4n) is 1.61. The van der Waals surface area contributed by atoms with Crippen molar-refractivity contribution in [1.29, 1.82) is 0 Å². The molecule has 16 heavy (non-hydrogen) atoms. The zero-order chi connectivity index (χ0) is 12.1. The van der Waals surface area contributed by atoms with Gasteiger partial charge < -0.3 is 4.90 Å². The van der Waals surface area contributed by atoms with E-state index in [-0.39, 0.29) is 0 Å². The van der Waals surface area contributed by atoms with Crippen LogP contribution in [0.1, 0.15) is 37.6 Å². The summed E-state index contributed by atoms with van der Waals surface area (Å²) >= 11 is 0. The SMILES string of the molecule is CC(C)CC(C)N(C)c1ncc(C=O)cn1. The Morgan fingerprint density at radius 2 is 1.88 bits per heavy atom. The third-order valence-electron chi connectivity index (χ3n) is 2.58. The molecule has 0 bridgehead atoms. The lowest BCUT2D eigenvalue weighted by Gasteiger charge is -2.26. The van der Waals surface area contributed by atoms with Crippen molar-refractivity contribution in [3.05, 3.63) is 18.0 Å². The van der Waals surface area contributed by atoms with Gasteiger partial charge in [0.05, 0.1) is 5.56 Å². The minimum atomic E-state index is 0.391. The molecule has 1 aromatic heterocycles. The van der Waals surface area contributed by atoms with Gasteiger partial charge in [-0.25, -0.2) is 9.97 Å². The van der Waals surface area contributed by atoms with E-state index < -0.39 is 0 Å². The van der Waals surface area contributed by atoms with Crippen LogP contribution < -0.4 is 4.90 Å². The average molecular weight is 221 g/mol. The number of anilines is 1. The molecule has 1 atom stereocenters. The highest BCUT2D eigenvalue weighted by Crippen LogP contribution is 2.14. The lowest BCUT2D eigenvalue weighted by atomic mass is 10.0. The molecule has 0 N–H and O–H groups in total. The first-order chi connectivity index (χ1) is 7.54. The highest BCUT2D eigenvalue weighted by molar-refractivity contribution is 5.73. The van der Waals surface area contributed by atoms with Crippen LogP contribution in [0, 0.1) is 5.92 Å². The number of hydrogen-bond donors (Lipinski definition) is 0. The minimum Gasteiger partial charge on any atom is -0.341 e. The van der Waals surface area contributed by atoms with Crippen molar-refractivity contribution in [3.63, 3.8) is 0 Å². The summed E-state index contributed by atoms with van der Waals surface area (Å²) < 4.78 is 0. The number of carbonyl (C=O) groups is 1. The van der Waals surface area contributed by atoms with Crippen molar-refractivity contribution in [2.24, 2.45) is 5.92 Å². The summed E-state index contributed by atoms with van der Waals surface area (Å²) in [6.07, 6.45) is 4.94. The molecule has 0 amide bonds. The lowest BCUT2D eigenvalue weighted by molar-refractivity contribution is 0.112. The van der Waals surface area contributed by atoms with Gasteiger partial charge in [0, 0.05) is 25.5 Å². The van der Waals surface area contributed by atoms with Gasteiger partial charge in [0.25, 0.3) is 0 Å². The molecule has 0 fully saturated rings. The van der Waals surface area contributed by atoms with Crippen LogP contribution in [0.3, 0.4) is 0 Å². The van der Waals surface area contributed by atoms with E-state index >= 15 is 0 Å². The molecule has 1 rings (SSSR count). The Hall–Kier alpha value is -1.45. The smallest absolute Gasteiger partial charge is 0.225 e. The maximum atomic E-state index is 10.5. The highest BCUT2D eigenvalue weighted by Gasteiger charge is 2.13. The monoisotopic (exact) mass is 221 g/mol. The summed E-state index contributed by atoms with van der Waals surface area (Å²) in [7, 11) is 1.98. The van der Waals surface area contributed by atoms with Gasteiger partial charge >= 0.3 is 0 Å². The van der Waals surface area contributed by atoms with Crippen molar-refractivity contribution < 1.29 is 4.79 Å². The molecule has 0 spiro atoms. The van der Waals surface area contributed by atoms with Crippen LogP contribution in [-0.4, -0.2) is 29.3 Å². The van der Waals surface area contributed by atoms with Crippen molar-refractivity contribution in [1.82, 2.24) is 9.97 Å². The van der Waals surface area contributed by atoms with E-state index in [2.05, 4.69) is 30.7 Å². The van der Waals surface area contributed by atoms with E-state index in [0.29, 0.717) is 23.5 Å². The molecule has 4 heteroatoms. The molecule has 0 aliphatic heterocycles. The van der Waals surface area contributed by atoms with E-state index in [4.69, 9.17) is 0 Å². The third kappa shape index (κ3) is 3.29. The van der Waals surface area contributed by atoms with Crippen molar-refractivity contribution in [2.75, 3.05) is 11.9 Å². The molecule has 1 aromatic rings. The molecule has 0 radical (unpaired) electrons. The second-order valence-electron chi connectivity index (χ2n) is 4.52. The van der Waals surface area contributed by atoms with Gasteiger partial charge in [0.15, 0.2) is 6.29 Å². The van der Waals surface area contributed by atoms with Gasteiger partial charge in [0.2, 0.25) is 5.95 Å². The van der Waals surface area contributed by atoms with Crippen molar-refractivity contribution in [3.8, 4) is 0 Å². The third-order valence-corrected chi connectivity index (χ3v) is 2.58. The average Bonchev–Trinajstić information content (AvgIpc) is 2.27. The van der Waals surface area contributed by atoms with Crippen LogP contribution in [0.5, 0.6) is 0 Å². The molecule has 0 aliphatic carbocycles. The Bertz CT molecular complexity index is 335. The zero-order valence-electron chi connectivity index (χ0n) is 10.3. The predicted molar refractivity (Wildman–Crippen MR) is 64.7 cm³/mol. The van der Waals surface area contributed by atoms with Gasteiger partial charge in [-0.3, -0.25) is 4.79 Å².